The highest BCUT2D eigenvalue weighted by molar-refractivity contribution is 6.04. The molecule has 2 amide bonds. The quantitative estimate of drug-likeness (QED) is 0.744. The van der Waals surface area contributed by atoms with Gasteiger partial charge in [-0.25, -0.2) is 0 Å². The van der Waals surface area contributed by atoms with E-state index in [1.54, 1.807) is 48.6 Å². The smallest absolute Gasteiger partial charge is 0.255 e. The molecule has 3 rings (SSSR count). The predicted molar refractivity (Wildman–Crippen MR) is 106 cm³/mol. The standard InChI is InChI=1S/C22H21N3O2/c1-16(25(2)22(27)18-11-13-23-14-12-18)19-9-6-10-20(15-19)24-21(26)17-7-4-3-5-8-17/h3-16H,1-2H3,(H,24,26). The lowest BCUT2D eigenvalue weighted by molar-refractivity contribution is 0.0742. The normalized spacial score (nSPS) is 11.5. The number of nitrogens with one attached hydrogen (secondary N) is 1. The zero-order chi connectivity index (χ0) is 19.2. The largest absolute Gasteiger partial charge is 0.335 e. The van der Waals surface area contributed by atoms with Gasteiger partial charge in [0.2, 0.25) is 0 Å². The van der Waals surface area contributed by atoms with Gasteiger partial charge in [-0.2, -0.15) is 0 Å². The number of pyridine rings is 1. The van der Waals surface area contributed by atoms with E-state index >= 15 is 0 Å². The van der Waals surface area contributed by atoms with Crippen LogP contribution in [0.15, 0.2) is 79.1 Å². The van der Waals surface area contributed by atoms with Crippen LogP contribution in [0.3, 0.4) is 0 Å². The van der Waals surface area contributed by atoms with Gasteiger partial charge in [0.15, 0.2) is 0 Å². The van der Waals surface area contributed by atoms with Crippen LogP contribution >= 0.6 is 0 Å². The molecular formula is C22H21N3O2. The molecule has 136 valence electrons. The number of amides is 2. The number of rotatable bonds is 5. The lowest BCUT2D eigenvalue weighted by Gasteiger charge is -2.26. The van der Waals surface area contributed by atoms with Gasteiger partial charge in [-0.15, -0.1) is 0 Å². The van der Waals surface area contributed by atoms with Gasteiger partial charge in [0.05, 0.1) is 6.04 Å². The Morgan fingerprint density at radius 3 is 2.33 bits per heavy atom. The van der Waals surface area contributed by atoms with E-state index in [9.17, 15) is 9.59 Å². The Morgan fingerprint density at radius 1 is 0.926 bits per heavy atom. The summed E-state index contributed by atoms with van der Waals surface area (Å²) in [4.78, 5) is 30.6. The second-order valence-corrected chi connectivity index (χ2v) is 6.27. The average molecular weight is 359 g/mol. The van der Waals surface area contributed by atoms with Crippen LogP contribution in [0.2, 0.25) is 0 Å². The fraction of sp³-hybridized carbons (Fsp3) is 0.136. The first-order chi connectivity index (χ1) is 13.1. The number of anilines is 1. The number of carbonyl (C=O) groups is 2. The summed E-state index contributed by atoms with van der Waals surface area (Å²) in [6.45, 7) is 1.96. The second-order valence-electron chi connectivity index (χ2n) is 6.27. The van der Waals surface area contributed by atoms with Crippen molar-refractivity contribution >= 4 is 17.5 Å². The zero-order valence-electron chi connectivity index (χ0n) is 15.3. The third kappa shape index (κ3) is 4.39. The van der Waals surface area contributed by atoms with Crippen molar-refractivity contribution in [3.05, 3.63) is 95.8 Å². The Labute approximate surface area is 158 Å². The minimum absolute atomic E-state index is 0.0800. The highest BCUT2D eigenvalue weighted by Crippen LogP contribution is 2.23. The van der Waals surface area contributed by atoms with Gasteiger partial charge in [0.25, 0.3) is 11.8 Å². The molecule has 5 nitrogen and oxygen atoms in total. The van der Waals surface area contributed by atoms with Gasteiger partial charge >= 0.3 is 0 Å². The number of carbonyl (C=O) groups excluding carboxylic acids is 2. The summed E-state index contributed by atoms with van der Waals surface area (Å²) in [5, 5.41) is 2.90. The Balaban J connectivity index is 1.74. The van der Waals surface area contributed by atoms with Crippen molar-refractivity contribution in [2.75, 3.05) is 12.4 Å². The second kappa shape index (κ2) is 8.27. The maximum atomic E-state index is 12.6. The van der Waals surface area contributed by atoms with Crippen LogP contribution in [0.5, 0.6) is 0 Å². The van der Waals surface area contributed by atoms with Crippen LogP contribution in [0.4, 0.5) is 5.69 Å². The molecule has 0 bridgehead atoms. The first-order valence-electron chi connectivity index (χ1n) is 8.70. The molecule has 0 saturated heterocycles. The zero-order valence-corrected chi connectivity index (χ0v) is 15.3. The summed E-state index contributed by atoms with van der Waals surface area (Å²) in [7, 11) is 1.77. The maximum Gasteiger partial charge on any atom is 0.255 e. The van der Waals surface area contributed by atoms with Crippen molar-refractivity contribution in [2.45, 2.75) is 13.0 Å². The molecule has 0 fully saturated rings. The third-order valence-corrected chi connectivity index (χ3v) is 4.49. The maximum absolute atomic E-state index is 12.6. The molecule has 0 saturated carbocycles. The average Bonchev–Trinajstić information content (AvgIpc) is 2.73. The number of hydrogen-bond acceptors (Lipinski definition) is 3. The Kier molecular flexibility index (Phi) is 5.61. The molecule has 0 aliphatic heterocycles. The first-order valence-corrected chi connectivity index (χ1v) is 8.70. The summed E-state index contributed by atoms with van der Waals surface area (Å²) < 4.78 is 0. The highest BCUT2D eigenvalue weighted by atomic mass is 16.2. The molecule has 0 spiro atoms. The molecule has 0 aliphatic carbocycles. The van der Waals surface area contributed by atoms with E-state index in [0.717, 1.165) is 5.56 Å². The summed E-state index contributed by atoms with van der Waals surface area (Å²) >= 11 is 0. The van der Waals surface area contributed by atoms with Gasteiger partial charge < -0.3 is 10.2 Å². The van der Waals surface area contributed by atoms with Gasteiger partial charge in [-0.05, 0) is 48.9 Å². The predicted octanol–water partition coefficient (Wildman–Crippen LogP) is 4.17. The fourth-order valence-corrected chi connectivity index (χ4v) is 2.77. The number of hydrogen-bond donors (Lipinski definition) is 1. The van der Waals surface area contributed by atoms with Crippen LogP contribution in [0.25, 0.3) is 0 Å². The van der Waals surface area contributed by atoms with Gasteiger partial charge in [-0.1, -0.05) is 30.3 Å². The van der Waals surface area contributed by atoms with Crippen molar-refractivity contribution in [3.63, 3.8) is 0 Å². The molecule has 5 heteroatoms. The molecule has 2 aromatic carbocycles. The van der Waals surface area contributed by atoms with Gasteiger partial charge in [0.1, 0.15) is 0 Å². The van der Waals surface area contributed by atoms with Crippen LogP contribution in [-0.2, 0) is 0 Å². The number of benzene rings is 2. The number of aromatic nitrogens is 1. The first kappa shape index (κ1) is 18.3. The molecular weight excluding hydrogens is 338 g/mol. The van der Waals surface area contributed by atoms with E-state index in [1.165, 1.54) is 0 Å². The molecule has 1 unspecified atom stereocenters. The van der Waals surface area contributed by atoms with Crippen molar-refractivity contribution in [1.82, 2.24) is 9.88 Å². The summed E-state index contributed by atoms with van der Waals surface area (Å²) in [5.41, 5.74) is 2.82. The van der Waals surface area contributed by atoms with E-state index in [2.05, 4.69) is 10.3 Å². The van der Waals surface area contributed by atoms with E-state index in [4.69, 9.17) is 0 Å². The van der Waals surface area contributed by atoms with Crippen molar-refractivity contribution in [2.24, 2.45) is 0 Å². The van der Waals surface area contributed by atoms with Crippen LogP contribution in [-0.4, -0.2) is 28.7 Å². The van der Waals surface area contributed by atoms with Crippen LogP contribution in [0, 0.1) is 0 Å². The number of nitrogens with zero attached hydrogens (tertiary/aromatic N) is 2. The topological polar surface area (TPSA) is 62.3 Å². The van der Waals surface area contributed by atoms with Gasteiger partial charge in [0, 0.05) is 36.3 Å². The molecule has 1 atom stereocenters. The molecule has 1 heterocycles. The Hall–Kier alpha value is -3.47. The monoisotopic (exact) mass is 359 g/mol. The summed E-state index contributed by atoms with van der Waals surface area (Å²) in [6.07, 6.45) is 3.21. The minimum atomic E-state index is -0.165. The summed E-state index contributed by atoms with van der Waals surface area (Å²) in [6, 6.07) is 19.8. The third-order valence-electron chi connectivity index (χ3n) is 4.49. The Bertz CT molecular complexity index is 927. The fourth-order valence-electron chi connectivity index (χ4n) is 2.77. The van der Waals surface area contributed by atoms with Gasteiger partial charge in [-0.3, -0.25) is 14.6 Å². The molecule has 0 aliphatic rings. The van der Waals surface area contributed by atoms with Crippen molar-refractivity contribution < 1.29 is 9.59 Å². The van der Waals surface area contributed by atoms with E-state index in [-0.39, 0.29) is 17.9 Å². The van der Waals surface area contributed by atoms with E-state index in [1.807, 2.05) is 49.4 Å². The lowest BCUT2D eigenvalue weighted by atomic mass is 10.1. The van der Waals surface area contributed by atoms with Crippen LogP contribution in [0.1, 0.15) is 39.2 Å². The molecule has 3 aromatic rings. The lowest BCUT2D eigenvalue weighted by Crippen LogP contribution is -2.29. The Morgan fingerprint density at radius 2 is 1.63 bits per heavy atom. The molecule has 1 N–H and O–H groups in total. The van der Waals surface area contributed by atoms with Crippen molar-refractivity contribution in [1.29, 1.82) is 0 Å². The highest BCUT2D eigenvalue weighted by Gasteiger charge is 2.19. The van der Waals surface area contributed by atoms with E-state index < -0.39 is 0 Å². The van der Waals surface area contributed by atoms with Crippen LogP contribution < -0.4 is 5.32 Å². The van der Waals surface area contributed by atoms with E-state index in [0.29, 0.717) is 16.8 Å². The minimum Gasteiger partial charge on any atom is -0.335 e. The molecule has 1 aromatic heterocycles. The summed E-state index contributed by atoms with van der Waals surface area (Å²) in [5.74, 6) is -0.245. The molecule has 0 radical (unpaired) electrons. The molecule has 27 heavy (non-hydrogen) atoms. The SMILES string of the molecule is CC(c1cccc(NC(=O)c2ccccc2)c1)N(C)C(=O)c1ccncc1. The van der Waals surface area contributed by atoms with Crippen molar-refractivity contribution in [3.8, 4) is 0 Å².